The number of nitrogens with two attached hydrogens (primary N) is 1. The van der Waals surface area contributed by atoms with E-state index in [2.05, 4.69) is 29.6 Å². The van der Waals surface area contributed by atoms with Crippen LogP contribution in [0.2, 0.25) is 0 Å². The first-order valence-electron chi connectivity index (χ1n) is 9.31. The monoisotopic (exact) mass is 374 g/mol. The third-order valence-corrected chi connectivity index (χ3v) is 5.24. The lowest BCUT2D eigenvalue weighted by atomic mass is 9.96. The molecular formula is C23H22N2O3. The van der Waals surface area contributed by atoms with Gasteiger partial charge in [0.05, 0.1) is 5.54 Å². The highest BCUT2D eigenvalue weighted by atomic mass is 16.5. The predicted octanol–water partition coefficient (Wildman–Crippen LogP) is 3.43. The molecule has 3 N–H and O–H groups in total. The number of aryl methyl sites for hydroxylation is 1. The summed E-state index contributed by atoms with van der Waals surface area (Å²) >= 11 is 0. The molecule has 5 nitrogen and oxygen atoms in total. The molecule has 0 aromatic heterocycles. The standard InChI is InChI=1S/C23H22N2O3/c1-15-9-10-17(28-14-21(24)26)13-19(15)22(27)25-23(11-12-23)20-8-4-6-16-5-2-3-7-18(16)20/h2-10,13H,11-12,14H2,1H3,(H2,24,26)(H,25,27). The van der Waals surface area contributed by atoms with Crippen LogP contribution in [0, 0.1) is 6.92 Å². The molecule has 0 spiro atoms. The second-order valence-corrected chi connectivity index (χ2v) is 7.29. The Balaban J connectivity index is 1.61. The van der Waals surface area contributed by atoms with Crippen LogP contribution in [0.3, 0.4) is 0 Å². The molecule has 5 heteroatoms. The third kappa shape index (κ3) is 3.43. The largest absolute Gasteiger partial charge is 0.484 e. The van der Waals surface area contributed by atoms with Crippen molar-refractivity contribution >= 4 is 22.6 Å². The van der Waals surface area contributed by atoms with Gasteiger partial charge in [-0.15, -0.1) is 0 Å². The molecule has 3 aromatic carbocycles. The number of primary amides is 1. The summed E-state index contributed by atoms with van der Waals surface area (Å²) in [4.78, 5) is 24.0. The van der Waals surface area contributed by atoms with Gasteiger partial charge in [-0.3, -0.25) is 9.59 Å². The summed E-state index contributed by atoms with van der Waals surface area (Å²) in [7, 11) is 0. The van der Waals surface area contributed by atoms with Crippen molar-refractivity contribution in [2.24, 2.45) is 5.73 Å². The molecule has 0 heterocycles. The molecule has 0 saturated heterocycles. The molecule has 0 aliphatic heterocycles. The summed E-state index contributed by atoms with van der Waals surface area (Å²) in [5.74, 6) is -0.253. The Kier molecular flexibility index (Phi) is 4.51. The van der Waals surface area contributed by atoms with Crippen molar-refractivity contribution in [3.8, 4) is 5.75 Å². The minimum atomic E-state index is -0.556. The first-order chi connectivity index (χ1) is 13.5. The van der Waals surface area contributed by atoms with Crippen LogP contribution in [-0.2, 0) is 10.3 Å². The number of nitrogens with one attached hydrogen (secondary N) is 1. The van der Waals surface area contributed by atoms with Crippen LogP contribution in [0.4, 0.5) is 0 Å². The van der Waals surface area contributed by atoms with E-state index in [-0.39, 0.29) is 18.1 Å². The van der Waals surface area contributed by atoms with E-state index < -0.39 is 5.91 Å². The summed E-state index contributed by atoms with van der Waals surface area (Å²) in [6.45, 7) is 1.66. The smallest absolute Gasteiger partial charge is 0.255 e. The van der Waals surface area contributed by atoms with Gasteiger partial charge in [-0.2, -0.15) is 0 Å². The van der Waals surface area contributed by atoms with Gasteiger partial charge in [0.25, 0.3) is 11.8 Å². The SMILES string of the molecule is Cc1ccc(OCC(N)=O)cc1C(=O)NC1(c2cccc3ccccc23)CC1. The zero-order valence-electron chi connectivity index (χ0n) is 15.7. The van der Waals surface area contributed by atoms with Crippen LogP contribution >= 0.6 is 0 Å². The lowest BCUT2D eigenvalue weighted by molar-refractivity contribution is -0.119. The molecule has 0 bridgehead atoms. The van der Waals surface area contributed by atoms with E-state index >= 15 is 0 Å². The fraction of sp³-hybridized carbons (Fsp3) is 0.217. The van der Waals surface area contributed by atoms with Crippen LogP contribution < -0.4 is 15.8 Å². The van der Waals surface area contributed by atoms with Gasteiger partial charge in [-0.1, -0.05) is 48.5 Å². The first-order valence-corrected chi connectivity index (χ1v) is 9.31. The second-order valence-electron chi connectivity index (χ2n) is 7.29. The van der Waals surface area contributed by atoms with E-state index in [4.69, 9.17) is 10.5 Å². The molecular weight excluding hydrogens is 352 g/mol. The molecule has 3 aromatic rings. The summed E-state index contributed by atoms with van der Waals surface area (Å²) in [6.07, 6.45) is 1.81. The van der Waals surface area contributed by atoms with Crippen molar-refractivity contribution in [1.29, 1.82) is 0 Å². The predicted molar refractivity (Wildman–Crippen MR) is 108 cm³/mol. The van der Waals surface area contributed by atoms with Gasteiger partial charge in [0, 0.05) is 5.56 Å². The quantitative estimate of drug-likeness (QED) is 0.693. The molecule has 4 rings (SSSR count). The molecule has 1 aliphatic rings. The van der Waals surface area contributed by atoms with E-state index in [1.165, 1.54) is 5.39 Å². The molecule has 1 fully saturated rings. The summed E-state index contributed by atoms with van der Waals surface area (Å²) in [6, 6.07) is 19.6. The number of hydrogen-bond donors (Lipinski definition) is 2. The molecule has 1 saturated carbocycles. The molecule has 2 amide bonds. The van der Waals surface area contributed by atoms with Crippen molar-refractivity contribution in [2.45, 2.75) is 25.3 Å². The number of benzene rings is 3. The molecule has 28 heavy (non-hydrogen) atoms. The topological polar surface area (TPSA) is 81.4 Å². The second kappa shape index (κ2) is 7.00. The van der Waals surface area contributed by atoms with Crippen molar-refractivity contribution in [2.75, 3.05) is 6.61 Å². The number of rotatable bonds is 6. The molecule has 0 unspecified atom stereocenters. The third-order valence-electron chi connectivity index (χ3n) is 5.24. The Bertz CT molecular complexity index is 1070. The Morgan fingerprint density at radius 1 is 1.07 bits per heavy atom. The summed E-state index contributed by atoms with van der Waals surface area (Å²) in [5.41, 5.74) is 7.32. The van der Waals surface area contributed by atoms with Crippen LogP contribution in [-0.4, -0.2) is 18.4 Å². The van der Waals surface area contributed by atoms with E-state index in [1.807, 2.05) is 31.2 Å². The highest BCUT2D eigenvalue weighted by Gasteiger charge is 2.46. The summed E-state index contributed by atoms with van der Waals surface area (Å²) < 4.78 is 5.35. The van der Waals surface area contributed by atoms with Crippen molar-refractivity contribution in [1.82, 2.24) is 5.32 Å². The molecule has 142 valence electrons. The molecule has 0 atom stereocenters. The lowest BCUT2D eigenvalue weighted by Crippen LogP contribution is -2.35. The number of fused-ring (bicyclic) bond motifs is 1. The maximum atomic E-state index is 13.1. The van der Waals surface area contributed by atoms with E-state index in [0.29, 0.717) is 11.3 Å². The van der Waals surface area contributed by atoms with Crippen LogP contribution in [0.25, 0.3) is 10.8 Å². The van der Waals surface area contributed by atoms with Crippen LogP contribution in [0.1, 0.15) is 34.3 Å². The minimum absolute atomic E-state index is 0.146. The van der Waals surface area contributed by atoms with Crippen LogP contribution in [0.15, 0.2) is 60.7 Å². The zero-order chi connectivity index (χ0) is 19.7. The zero-order valence-corrected chi connectivity index (χ0v) is 15.7. The van der Waals surface area contributed by atoms with Gasteiger partial charge in [-0.05, 0) is 53.8 Å². The fourth-order valence-electron chi connectivity index (χ4n) is 3.60. The number of hydrogen-bond acceptors (Lipinski definition) is 3. The van der Waals surface area contributed by atoms with Crippen LogP contribution in [0.5, 0.6) is 5.75 Å². The van der Waals surface area contributed by atoms with Gasteiger partial charge in [0.1, 0.15) is 5.75 Å². The lowest BCUT2D eigenvalue weighted by Gasteiger charge is -2.21. The maximum Gasteiger partial charge on any atom is 0.255 e. The first kappa shape index (κ1) is 18.0. The maximum absolute atomic E-state index is 13.1. The van der Waals surface area contributed by atoms with Crippen molar-refractivity contribution < 1.29 is 14.3 Å². The van der Waals surface area contributed by atoms with Crippen molar-refractivity contribution in [3.05, 3.63) is 77.4 Å². The van der Waals surface area contributed by atoms with Gasteiger partial charge < -0.3 is 15.8 Å². The number of amides is 2. The average molecular weight is 374 g/mol. The van der Waals surface area contributed by atoms with E-state index in [1.54, 1.807) is 12.1 Å². The normalized spacial score (nSPS) is 14.5. The van der Waals surface area contributed by atoms with Crippen molar-refractivity contribution in [3.63, 3.8) is 0 Å². The van der Waals surface area contributed by atoms with Gasteiger partial charge in [-0.25, -0.2) is 0 Å². The average Bonchev–Trinajstić information content (AvgIpc) is 3.47. The molecule has 0 radical (unpaired) electrons. The Morgan fingerprint density at radius 3 is 2.57 bits per heavy atom. The molecule has 1 aliphatic carbocycles. The number of carbonyl (C=O) groups excluding carboxylic acids is 2. The van der Waals surface area contributed by atoms with Gasteiger partial charge >= 0.3 is 0 Å². The highest BCUT2D eigenvalue weighted by Crippen LogP contribution is 2.48. The minimum Gasteiger partial charge on any atom is -0.484 e. The highest BCUT2D eigenvalue weighted by molar-refractivity contribution is 5.97. The Morgan fingerprint density at radius 2 is 1.82 bits per heavy atom. The fourth-order valence-corrected chi connectivity index (χ4v) is 3.60. The Hall–Kier alpha value is -3.34. The number of ether oxygens (including phenoxy) is 1. The summed E-state index contributed by atoms with van der Waals surface area (Å²) in [5, 5.41) is 5.57. The van der Waals surface area contributed by atoms with E-state index in [0.717, 1.165) is 29.4 Å². The number of carbonyl (C=O) groups is 2. The van der Waals surface area contributed by atoms with Gasteiger partial charge in [0.15, 0.2) is 6.61 Å². The Labute approximate surface area is 163 Å². The van der Waals surface area contributed by atoms with Gasteiger partial charge in [0.2, 0.25) is 0 Å². The van der Waals surface area contributed by atoms with E-state index in [9.17, 15) is 9.59 Å².